The molecule has 15 heavy (non-hydrogen) atoms. The highest BCUT2D eigenvalue weighted by Crippen LogP contribution is 2.22. The molecule has 1 unspecified atom stereocenters. The lowest BCUT2D eigenvalue weighted by atomic mass is 10.1. The van der Waals surface area contributed by atoms with Gasteiger partial charge in [-0.15, -0.1) is 0 Å². The van der Waals surface area contributed by atoms with Crippen molar-refractivity contribution in [2.75, 3.05) is 5.32 Å². The van der Waals surface area contributed by atoms with Gasteiger partial charge >= 0.3 is 0 Å². The van der Waals surface area contributed by atoms with E-state index in [4.69, 9.17) is 0 Å². The van der Waals surface area contributed by atoms with Gasteiger partial charge in [0.15, 0.2) is 0 Å². The molecule has 1 aromatic heterocycles. The van der Waals surface area contributed by atoms with Crippen LogP contribution in [-0.2, 0) is 0 Å². The van der Waals surface area contributed by atoms with Crippen molar-refractivity contribution < 1.29 is 0 Å². The predicted molar refractivity (Wildman–Crippen MR) is 65.2 cm³/mol. The summed E-state index contributed by atoms with van der Waals surface area (Å²) in [7, 11) is 0. The highest BCUT2D eigenvalue weighted by Gasteiger charge is 2.12. The average Bonchev–Trinajstić information content (AvgIpc) is 2.61. The summed E-state index contributed by atoms with van der Waals surface area (Å²) in [5.74, 6) is 1.00. The smallest absolute Gasteiger partial charge is 0.203 e. The molecule has 0 spiro atoms. The minimum absolute atomic E-state index is 0.435. The summed E-state index contributed by atoms with van der Waals surface area (Å²) >= 11 is 0. The topological polar surface area (TPSA) is 29.9 Å². The first-order chi connectivity index (χ1) is 7.19. The van der Waals surface area contributed by atoms with E-state index < -0.39 is 0 Å². The molecule has 3 heteroatoms. The van der Waals surface area contributed by atoms with Crippen LogP contribution in [0.4, 0.5) is 5.95 Å². The van der Waals surface area contributed by atoms with Crippen LogP contribution in [0.2, 0.25) is 0 Å². The van der Waals surface area contributed by atoms with Crippen molar-refractivity contribution in [1.29, 1.82) is 0 Å². The molecule has 86 valence electrons. The Labute approximate surface area is 92.9 Å². The van der Waals surface area contributed by atoms with E-state index >= 15 is 0 Å². The van der Waals surface area contributed by atoms with Crippen molar-refractivity contribution >= 4 is 5.95 Å². The second-order valence-corrected chi connectivity index (χ2v) is 4.31. The van der Waals surface area contributed by atoms with E-state index in [-0.39, 0.29) is 0 Å². The lowest BCUT2D eigenvalue weighted by Gasteiger charge is -2.20. The third kappa shape index (κ3) is 3.26. The summed E-state index contributed by atoms with van der Waals surface area (Å²) in [6.45, 7) is 8.74. The Morgan fingerprint density at radius 1 is 1.40 bits per heavy atom. The van der Waals surface area contributed by atoms with Gasteiger partial charge in [0.2, 0.25) is 5.95 Å². The normalized spacial score (nSPS) is 13.1. The van der Waals surface area contributed by atoms with Gasteiger partial charge in [-0.2, -0.15) is 0 Å². The van der Waals surface area contributed by atoms with Crippen LogP contribution in [0.25, 0.3) is 0 Å². The van der Waals surface area contributed by atoms with Crippen LogP contribution in [0.3, 0.4) is 0 Å². The van der Waals surface area contributed by atoms with Gasteiger partial charge in [-0.25, -0.2) is 4.98 Å². The first kappa shape index (κ1) is 12.1. The van der Waals surface area contributed by atoms with E-state index in [0.717, 1.165) is 12.4 Å². The second kappa shape index (κ2) is 5.79. The monoisotopic (exact) mass is 209 g/mol. The highest BCUT2D eigenvalue weighted by atomic mass is 15.2. The van der Waals surface area contributed by atoms with Gasteiger partial charge in [-0.05, 0) is 26.7 Å². The van der Waals surface area contributed by atoms with Gasteiger partial charge < -0.3 is 9.88 Å². The summed E-state index contributed by atoms with van der Waals surface area (Å²) in [6.07, 6.45) is 7.56. The van der Waals surface area contributed by atoms with Crippen LogP contribution in [0.5, 0.6) is 0 Å². The first-order valence-corrected chi connectivity index (χ1v) is 5.98. The first-order valence-electron chi connectivity index (χ1n) is 5.98. The molecule has 0 aliphatic heterocycles. The molecule has 0 saturated carbocycles. The van der Waals surface area contributed by atoms with E-state index in [1.54, 1.807) is 0 Å². The molecule has 1 heterocycles. The zero-order chi connectivity index (χ0) is 11.3. The van der Waals surface area contributed by atoms with Crippen LogP contribution in [0.1, 0.15) is 53.0 Å². The number of aromatic nitrogens is 2. The summed E-state index contributed by atoms with van der Waals surface area (Å²) in [6, 6.07) is 1.02. The van der Waals surface area contributed by atoms with Gasteiger partial charge in [0.1, 0.15) is 0 Å². The third-order valence-corrected chi connectivity index (χ3v) is 2.57. The van der Waals surface area contributed by atoms with Crippen molar-refractivity contribution in [3.63, 3.8) is 0 Å². The van der Waals surface area contributed by atoms with Gasteiger partial charge in [-0.1, -0.05) is 20.3 Å². The molecule has 0 saturated heterocycles. The van der Waals surface area contributed by atoms with Crippen molar-refractivity contribution in [3.05, 3.63) is 12.4 Å². The fourth-order valence-corrected chi connectivity index (χ4v) is 1.85. The van der Waals surface area contributed by atoms with Crippen molar-refractivity contribution in [3.8, 4) is 0 Å². The molecule has 0 aliphatic carbocycles. The molecule has 1 aromatic rings. The van der Waals surface area contributed by atoms with Crippen molar-refractivity contribution in [2.45, 2.75) is 59.0 Å². The quantitative estimate of drug-likeness (QED) is 0.777. The van der Waals surface area contributed by atoms with Gasteiger partial charge in [0.05, 0.1) is 0 Å². The standard InChI is InChI=1S/C12H23N3/c1-5-7-11(6-2)15-9-8-13-12(15)14-10(3)4/h8-11H,5-7H2,1-4H3,(H,13,14). The SMILES string of the molecule is CCCC(CC)n1ccnc1NC(C)C. The van der Waals surface area contributed by atoms with Crippen LogP contribution in [-0.4, -0.2) is 15.6 Å². The molecule has 0 radical (unpaired) electrons. The molecule has 3 nitrogen and oxygen atoms in total. The zero-order valence-corrected chi connectivity index (χ0v) is 10.3. The maximum atomic E-state index is 4.36. The predicted octanol–water partition coefficient (Wildman–Crippen LogP) is 3.45. The maximum Gasteiger partial charge on any atom is 0.203 e. The average molecular weight is 209 g/mol. The molecule has 0 amide bonds. The fourth-order valence-electron chi connectivity index (χ4n) is 1.85. The van der Waals surface area contributed by atoms with Crippen molar-refractivity contribution in [2.24, 2.45) is 0 Å². The van der Waals surface area contributed by atoms with Crippen molar-refractivity contribution in [1.82, 2.24) is 9.55 Å². The summed E-state index contributed by atoms with van der Waals surface area (Å²) in [5.41, 5.74) is 0. The molecule has 0 fully saturated rings. The molecule has 1 N–H and O–H groups in total. The number of nitrogens with one attached hydrogen (secondary N) is 1. The molecular weight excluding hydrogens is 186 g/mol. The fraction of sp³-hybridized carbons (Fsp3) is 0.750. The summed E-state index contributed by atoms with van der Waals surface area (Å²) in [5, 5.41) is 3.38. The Balaban J connectivity index is 2.77. The number of nitrogens with zero attached hydrogens (tertiary/aromatic N) is 2. The van der Waals surface area contributed by atoms with Crippen LogP contribution in [0, 0.1) is 0 Å². The zero-order valence-electron chi connectivity index (χ0n) is 10.3. The number of anilines is 1. The Bertz CT molecular complexity index is 278. The Morgan fingerprint density at radius 3 is 2.67 bits per heavy atom. The molecule has 1 atom stereocenters. The Hall–Kier alpha value is -0.990. The largest absolute Gasteiger partial charge is 0.353 e. The second-order valence-electron chi connectivity index (χ2n) is 4.31. The van der Waals surface area contributed by atoms with Gasteiger partial charge in [0.25, 0.3) is 0 Å². The maximum absolute atomic E-state index is 4.36. The molecule has 0 aromatic carbocycles. The van der Waals surface area contributed by atoms with Gasteiger partial charge in [-0.3, -0.25) is 0 Å². The number of rotatable bonds is 6. The summed E-state index contributed by atoms with van der Waals surface area (Å²) in [4.78, 5) is 4.36. The minimum atomic E-state index is 0.435. The Kier molecular flexibility index (Phi) is 4.66. The minimum Gasteiger partial charge on any atom is -0.353 e. The molecular formula is C12H23N3. The lowest BCUT2D eigenvalue weighted by molar-refractivity contribution is 0.450. The number of imidazole rings is 1. The Morgan fingerprint density at radius 2 is 2.13 bits per heavy atom. The van der Waals surface area contributed by atoms with Crippen LogP contribution >= 0.6 is 0 Å². The van der Waals surface area contributed by atoms with E-state index in [1.165, 1.54) is 12.8 Å². The molecule has 0 aliphatic rings. The number of hydrogen-bond donors (Lipinski definition) is 1. The number of hydrogen-bond acceptors (Lipinski definition) is 2. The highest BCUT2D eigenvalue weighted by molar-refractivity contribution is 5.27. The third-order valence-electron chi connectivity index (χ3n) is 2.57. The molecule has 1 rings (SSSR count). The van der Waals surface area contributed by atoms with E-state index in [1.807, 2.05) is 6.20 Å². The van der Waals surface area contributed by atoms with E-state index in [9.17, 15) is 0 Å². The van der Waals surface area contributed by atoms with Crippen LogP contribution in [0.15, 0.2) is 12.4 Å². The van der Waals surface area contributed by atoms with Crippen LogP contribution < -0.4 is 5.32 Å². The summed E-state index contributed by atoms with van der Waals surface area (Å²) < 4.78 is 2.27. The molecule has 0 bridgehead atoms. The van der Waals surface area contributed by atoms with E-state index in [0.29, 0.717) is 12.1 Å². The van der Waals surface area contributed by atoms with E-state index in [2.05, 4.69) is 48.8 Å². The lowest BCUT2D eigenvalue weighted by Crippen LogP contribution is -2.17. The van der Waals surface area contributed by atoms with Gasteiger partial charge in [0, 0.05) is 24.5 Å².